The second-order valence-corrected chi connectivity index (χ2v) is 17.1. The molecule has 1 aromatic rings. The molecule has 3 rings (SSSR count). The fourth-order valence-corrected chi connectivity index (χ4v) is 6.66. The highest BCUT2D eigenvalue weighted by Crippen LogP contribution is 2.54. The van der Waals surface area contributed by atoms with Crippen molar-refractivity contribution in [1.82, 2.24) is 0 Å². The van der Waals surface area contributed by atoms with Crippen molar-refractivity contribution in [3.05, 3.63) is 41.5 Å². The summed E-state index contributed by atoms with van der Waals surface area (Å²) in [6, 6.07) is 6.40. The quantitative estimate of drug-likeness (QED) is 0.145. The number of rotatable bonds is 11. The third-order valence-electron chi connectivity index (χ3n) is 8.56. The fraction of sp³-hybridized carbons (Fsp3) is 0.656. The van der Waals surface area contributed by atoms with Crippen molar-refractivity contribution in [1.29, 1.82) is 0 Å². The number of para-hydroxylation sites is 1. The Morgan fingerprint density at radius 1 is 1.32 bits per heavy atom. The standard InChI is InChI=1S/C32H48O5Si/c1-9-11-14-22(3)26(33)20-19-24-27(37-38(7,8)32(4,5)6)21-28-30(24)25-17-12-15-23(31(25)36-28)16-13-18-29(34)35-10-2/h12,15,17,19-20,22,24,26-28,30,33H,10,13-14,16,18,21H2,1-8H3/t22-,24-,26+,27+,28-,30-/m0/s1. The van der Waals surface area contributed by atoms with Crippen LogP contribution in [0.15, 0.2) is 30.4 Å². The van der Waals surface area contributed by atoms with Crippen molar-refractivity contribution < 1.29 is 23.8 Å². The van der Waals surface area contributed by atoms with Gasteiger partial charge in [0.05, 0.1) is 18.8 Å². The minimum Gasteiger partial charge on any atom is -0.489 e. The zero-order valence-corrected chi connectivity index (χ0v) is 25.7. The van der Waals surface area contributed by atoms with E-state index in [2.05, 4.69) is 70.0 Å². The van der Waals surface area contributed by atoms with Crippen LogP contribution in [0.3, 0.4) is 0 Å². The van der Waals surface area contributed by atoms with Crippen LogP contribution in [0.25, 0.3) is 0 Å². The van der Waals surface area contributed by atoms with Gasteiger partial charge in [0.25, 0.3) is 0 Å². The molecule has 1 N–H and O–H groups in total. The summed E-state index contributed by atoms with van der Waals surface area (Å²) in [7, 11) is -2.01. The largest absolute Gasteiger partial charge is 0.489 e. The highest BCUT2D eigenvalue weighted by Gasteiger charge is 2.52. The molecule has 210 valence electrons. The third kappa shape index (κ3) is 7.11. The lowest BCUT2D eigenvalue weighted by molar-refractivity contribution is -0.143. The predicted octanol–water partition coefficient (Wildman–Crippen LogP) is 6.79. The molecule has 0 saturated heterocycles. The van der Waals surface area contributed by atoms with E-state index in [-0.39, 0.29) is 41.0 Å². The number of carbonyl (C=O) groups excluding carboxylic acids is 1. The molecular weight excluding hydrogens is 492 g/mol. The molecule has 5 nitrogen and oxygen atoms in total. The molecule has 0 aromatic heterocycles. The molecule has 0 radical (unpaired) electrons. The minimum atomic E-state index is -2.01. The zero-order valence-electron chi connectivity index (χ0n) is 24.7. The van der Waals surface area contributed by atoms with Gasteiger partial charge in [-0.15, -0.1) is 11.8 Å². The second-order valence-electron chi connectivity index (χ2n) is 12.4. The number of benzene rings is 1. The number of carbonyl (C=O) groups is 1. The van der Waals surface area contributed by atoms with E-state index in [1.54, 1.807) is 0 Å². The number of esters is 1. The molecule has 0 unspecified atom stereocenters. The van der Waals surface area contributed by atoms with Crippen molar-refractivity contribution in [2.75, 3.05) is 6.61 Å². The Labute approximate surface area is 231 Å². The number of aryl methyl sites for hydroxylation is 1. The smallest absolute Gasteiger partial charge is 0.305 e. The molecule has 1 aliphatic heterocycles. The molecule has 1 heterocycles. The van der Waals surface area contributed by atoms with Crippen LogP contribution < -0.4 is 4.74 Å². The Kier molecular flexibility index (Phi) is 10.3. The van der Waals surface area contributed by atoms with Gasteiger partial charge in [0.2, 0.25) is 0 Å². The molecular formula is C32H48O5Si. The highest BCUT2D eigenvalue weighted by molar-refractivity contribution is 6.74. The van der Waals surface area contributed by atoms with Crippen molar-refractivity contribution in [3.63, 3.8) is 0 Å². The van der Waals surface area contributed by atoms with E-state index < -0.39 is 14.4 Å². The summed E-state index contributed by atoms with van der Waals surface area (Å²) in [6.45, 7) is 17.5. The van der Waals surface area contributed by atoms with E-state index in [1.165, 1.54) is 5.56 Å². The van der Waals surface area contributed by atoms with Crippen LogP contribution in [0.1, 0.15) is 84.3 Å². The first-order chi connectivity index (χ1) is 17.9. The number of ether oxygens (including phenoxy) is 2. The number of fused-ring (bicyclic) bond motifs is 3. The SMILES string of the molecule is CC#CC[C@H](C)[C@H](O)C=C[C@@H]1[C@H]2c3cccc(CCCC(=O)OCC)c3O[C@H]2C[C@H]1O[Si](C)(C)C(C)(C)C. The average molecular weight is 541 g/mol. The average Bonchev–Trinajstić information content (AvgIpc) is 3.36. The maximum absolute atomic E-state index is 11.8. The van der Waals surface area contributed by atoms with Gasteiger partial charge in [-0.1, -0.05) is 58.0 Å². The summed E-state index contributed by atoms with van der Waals surface area (Å²) in [5.74, 6) is 7.20. The van der Waals surface area contributed by atoms with Crippen LogP contribution in [-0.4, -0.2) is 44.3 Å². The fourth-order valence-electron chi connectivity index (χ4n) is 5.30. The van der Waals surface area contributed by atoms with Gasteiger partial charge in [-0.3, -0.25) is 4.79 Å². The summed E-state index contributed by atoms with van der Waals surface area (Å²) in [5, 5.41) is 11.0. The molecule has 6 heteroatoms. The minimum absolute atomic E-state index is 0.0423. The molecule has 1 aromatic carbocycles. The van der Waals surface area contributed by atoms with E-state index in [4.69, 9.17) is 13.9 Å². The third-order valence-corrected chi connectivity index (χ3v) is 13.1. The molecule has 0 bridgehead atoms. The normalized spacial score (nSPS) is 24.2. The Balaban J connectivity index is 1.86. The van der Waals surface area contributed by atoms with Crippen molar-refractivity contribution >= 4 is 14.3 Å². The number of aliphatic hydroxyl groups excluding tert-OH is 1. The van der Waals surface area contributed by atoms with Gasteiger partial charge in [-0.05, 0) is 56.3 Å². The Bertz CT molecular complexity index is 1040. The highest BCUT2D eigenvalue weighted by atomic mass is 28.4. The summed E-state index contributed by atoms with van der Waals surface area (Å²) in [6.07, 6.45) is 7.10. The molecule has 2 aliphatic rings. The van der Waals surface area contributed by atoms with Crippen LogP contribution >= 0.6 is 0 Å². The van der Waals surface area contributed by atoms with Gasteiger partial charge < -0.3 is 19.0 Å². The monoisotopic (exact) mass is 540 g/mol. The van der Waals surface area contributed by atoms with Gasteiger partial charge in [0, 0.05) is 36.7 Å². The van der Waals surface area contributed by atoms with E-state index in [9.17, 15) is 9.90 Å². The maximum atomic E-state index is 11.8. The lowest BCUT2D eigenvalue weighted by Crippen LogP contribution is -2.45. The van der Waals surface area contributed by atoms with Crippen molar-refractivity contribution in [3.8, 4) is 17.6 Å². The summed E-state index contributed by atoms with van der Waals surface area (Å²) < 4.78 is 18.7. The maximum Gasteiger partial charge on any atom is 0.305 e. The topological polar surface area (TPSA) is 65.0 Å². The lowest BCUT2D eigenvalue weighted by Gasteiger charge is -2.40. The molecule has 0 amide bonds. The Morgan fingerprint density at radius 2 is 2.05 bits per heavy atom. The van der Waals surface area contributed by atoms with E-state index in [0.29, 0.717) is 19.4 Å². The summed E-state index contributed by atoms with van der Waals surface area (Å²) in [5.41, 5.74) is 2.37. The van der Waals surface area contributed by atoms with Gasteiger partial charge in [0.1, 0.15) is 11.9 Å². The summed E-state index contributed by atoms with van der Waals surface area (Å²) in [4.78, 5) is 11.8. The zero-order chi connectivity index (χ0) is 28.1. The number of hydrogen-bond donors (Lipinski definition) is 1. The molecule has 6 atom stereocenters. The van der Waals surface area contributed by atoms with Crippen LogP contribution in [-0.2, 0) is 20.4 Å². The van der Waals surface area contributed by atoms with Crippen LogP contribution in [0.5, 0.6) is 5.75 Å². The first-order valence-corrected chi connectivity index (χ1v) is 17.2. The van der Waals surface area contributed by atoms with Gasteiger partial charge in [0.15, 0.2) is 8.32 Å². The van der Waals surface area contributed by atoms with E-state index >= 15 is 0 Å². The van der Waals surface area contributed by atoms with Crippen LogP contribution in [0.2, 0.25) is 18.1 Å². The van der Waals surface area contributed by atoms with Gasteiger partial charge >= 0.3 is 5.97 Å². The van der Waals surface area contributed by atoms with Crippen molar-refractivity contribution in [2.24, 2.45) is 11.8 Å². The van der Waals surface area contributed by atoms with Crippen molar-refractivity contribution in [2.45, 2.75) is 116 Å². The molecule has 1 saturated carbocycles. The van der Waals surface area contributed by atoms with Crippen LogP contribution in [0.4, 0.5) is 0 Å². The molecule has 1 fully saturated rings. The Hall–Kier alpha value is -2.07. The van der Waals surface area contributed by atoms with E-state index in [1.807, 2.05) is 26.8 Å². The predicted molar refractivity (Wildman–Crippen MR) is 156 cm³/mol. The van der Waals surface area contributed by atoms with Gasteiger partial charge in [-0.2, -0.15) is 0 Å². The second kappa shape index (κ2) is 12.9. The van der Waals surface area contributed by atoms with Crippen LogP contribution in [0, 0.1) is 23.7 Å². The molecule has 38 heavy (non-hydrogen) atoms. The van der Waals surface area contributed by atoms with E-state index in [0.717, 1.165) is 30.6 Å². The number of hydrogen-bond acceptors (Lipinski definition) is 5. The first-order valence-electron chi connectivity index (χ1n) is 14.3. The molecule has 0 spiro atoms. The number of aliphatic hydroxyl groups is 1. The lowest BCUT2D eigenvalue weighted by atomic mass is 9.86. The first kappa shape index (κ1) is 30.5. The Morgan fingerprint density at radius 3 is 2.71 bits per heavy atom. The summed E-state index contributed by atoms with van der Waals surface area (Å²) >= 11 is 0. The molecule has 1 aliphatic carbocycles. The van der Waals surface area contributed by atoms with Gasteiger partial charge in [-0.25, -0.2) is 0 Å².